The number of halogens is 1. The smallest absolute Gasteiger partial charge is 0.163 e. The third-order valence-corrected chi connectivity index (χ3v) is 4.02. The molecule has 0 aliphatic heterocycles. The van der Waals surface area contributed by atoms with Crippen LogP contribution in [0.3, 0.4) is 0 Å². The fourth-order valence-electron chi connectivity index (χ4n) is 2.52. The van der Waals surface area contributed by atoms with Crippen LogP contribution in [0.5, 0.6) is 5.75 Å². The van der Waals surface area contributed by atoms with E-state index in [1.54, 1.807) is 37.8 Å². The Balaban J connectivity index is 1.87. The third kappa shape index (κ3) is 3.27. The van der Waals surface area contributed by atoms with E-state index in [4.69, 9.17) is 16.3 Å². The van der Waals surface area contributed by atoms with Crippen molar-refractivity contribution in [1.29, 1.82) is 0 Å². The summed E-state index contributed by atoms with van der Waals surface area (Å²) in [5.74, 6) is 2.56. The van der Waals surface area contributed by atoms with Crippen molar-refractivity contribution in [1.82, 2.24) is 19.9 Å². The Morgan fingerprint density at radius 1 is 1.04 bits per heavy atom. The van der Waals surface area contributed by atoms with E-state index in [0.29, 0.717) is 22.5 Å². The molecule has 0 radical (unpaired) electrons. The van der Waals surface area contributed by atoms with Gasteiger partial charge < -0.3 is 10.1 Å². The van der Waals surface area contributed by atoms with E-state index >= 15 is 0 Å². The molecule has 0 atom stereocenters. The van der Waals surface area contributed by atoms with E-state index in [1.807, 2.05) is 30.3 Å². The van der Waals surface area contributed by atoms with Gasteiger partial charge >= 0.3 is 0 Å². The van der Waals surface area contributed by atoms with Crippen molar-refractivity contribution in [3.8, 4) is 17.1 Å². The summed E-state index contributed by atoms with van der Waals surface area (Å²) in [7, 11) is 1.62. The Morgan fingerprint density at radius 3 is 2.69 bits per heavy atom. The number of rotatable bonds is 4. The van der Waals surface area contributed by atoms with E-state index < -0.39 is 0 Å². The maximum Gasteiger partial charge on any atom is 0.163 e. The molecule has 0 saturated heterocycles. The van der Waals surface area contributed by atoms with Crippen LogP contribution in [0.4, 0.5) is 11.6 Å². The quantitative estimate of drug-likeness (QED) is 0.575. The number of aromatic nitrogens is 4. The molecule has 7 heteroatoms. The minimum atomic E-state index is 0.570. The Kier molecular flexibility index (Phi) is 4.33. The van der Waals surface area contributed by atoms with Crippen molar-refractivity contribution in [2.24, 2.45) is 0 Å². The second-order valence-electron chi connectivity index (χ2n) is 5.51. The number of hydrogen-bond donors (Lipinski definition) is 1. The zero-order chi connectivity index (χ0) is 17.9. The topological polar surface area (TPSA) is 72.8 Å². The van der Waals surface area contributed by atoms with E-state index in [9.17, 15) is 0 Å². The average Bonchev–Trinajstić information content (AvgIpc) is 2.70. The molecule has 4 aromatic rings. The summed E-state index contributed by atoms with van der Waals surface area (Å²) in [6.07, 6.45) is 5.02. The van der Waals surface area contributed by atoms with Crippen LogP contribution in [0.1, 0.15) is 0 Å². The highest BCUT2D eigenvalue weighted by Crippen LogP contribution is 2.29. The molecule has 0 unspecified atom stereocenters. The maximum absolute atomic E-state index is 5.92. The Morgan fingerprint density at radius 2 is 1.96 bits per heavy atom. The molecule has 26 heavy (non-hydrogen) atoms. The van der Waals surface area contributed by atoms with Crippen molar-refractivity contribution >= 4 is 34.1 Å². The maximum atomic E-state index is 5.92. The summed E-state index contributed by atoms with van der Waals surface area (Å²) < 4.78 is 5.33. The fraction of sp³-hybridized carbons (Fsp3) is 0.0526. The van der Waals surface area contributed by atoms with Crippen LogP contribution in [-0.2, 0) is 0 Å². The SMILES string of the molecule is COc1ccc2nc(-c3cccnc3)nc(Nc3ccc(Cl)cn3)c2c1. The molecule has 0 aliphatic carbocycles. The van der Waals surface area contributed by atoms with E-state index in [2.05, 4.69) is 25.3 Å². The van der Waals surface area contributed by atoms with Gasteiger partial charge in [0.05, 0.1) is 17.6 Å². The monoisotopic (exact) mass is 363 g/mol. The molecule has 3 heterocycles. The van der Waals surface area contributed by atoms with Crippen LogP contribution in [0.2, 0.25) is 5.02 Å². The molecule has 0 amide bonds. The lowest BCUT2D eigenvalue weighted by molar-refractivity contribution is 0.415. The number of ether oxygens (including phenoxy) is 1. The van der Waals surface area contributed by atoms with Gasteiger partial charge in [0.25, 0.3) is 0 Å². The predicted molar refractivity (Wildman–Crippen MR) is 102 cm³/mol. The van der Waals surface area contributed by atoms with Gasteiger partial charge in [0.2, 0.25) is 0 Å². The zero-order valence-electron chi connectivity index (χ0n) is 13.8. The van der Waals surface area contributed by atoms with Crippen LogP contribution < -0.4 is 10.1 Å². The van der Waals surface area contributed by atoms with E-state index in [-0.39, 0.29) is 0 Å². The van der Waals surface area contributed by atoms with Gasteiger partial charge in [-0.15, -0.1) is 0 Å². The largest absolute Gasteiger partial charge is 0.497 e. The first-order chi connectivity index (χ1) is 12.7. The molecule has 1 aromatic carbocycles. The normalized spacial score (nSPS) is 10.7. The van der Waals surface area contributed by atoms with Crippen molar-refractivity contribution in [3.05, 3.63) is 66.1 Å². The molecule has 128 valence electrons. The number of anilines is 2. The van der Waals surface area contributed by atoms with Crippen LogP contribution in [0.15, 0.2) is 61.1 Å². The van der Waals surface area contributed by atoms with Crippen LogP contribution in [-0.4, -0.2) is 27.0 Å². The fourth-order valence-corrected chi connectivity index (χ4v) is 2.64. The standard InChI is InChI=1S/C19H14ClN5O/c1-26-14-5-6-16-15(9-14)19(24-17-7-4-13(20)11-22-17)25-18(23-16)12-3-2-8-21-10-12/h2-11H,1H3,(H,22,23,24,25). The molecule has 0 fully saturated rings. The highest BCUT2D eigenvalue weighted by Gasteiger charge is 2.11. The number of pyridine rings is 2. The first-order valence-electron chi connectivity index (χ1n) is 7.88. The summed E-state index contributed by atoms with van der Waals surface area (Å²) in [6.45, 7) is 0. The van der Waals surface area contributed by atoms with Gasteiger partial charge in [-0.1, -0.05) is 11.6 Å². The average molecular weight is 364 g/mol. The van der Waals surface area contributed by atoms with Gasteiger partial charge in [0.1, 0.15) is 17.4 Å². The Hall–Kier alpha value is -3.25. The van der Waals surface area contributed by atoms with Gasteiger partial charge in [-0.05, 0) is 42.5 Å². The predicted octanol–water partition coefficient (Wildman–Crippen LogP) is 4.49. The summed E-state index contributed by atoms with van der Waals surface area (Å²) >= 11 is 5.92. The number of methoxy groups -OCH3 is 1. The van der Waals surface area contributed by atoms with Crippen molar-refractivity contribution in [2.45, 2.75) is 0 Å². The molecular formula is C19H14ClN5O. The number of nitrogens with zero attached hydrogens (tertiary/aromatic N) is 4. The lowest BCUT2D eigenvalue weighted by Gasteiger charge is -2.11. The van der Waals surface area contributed by atoms with Crippen LogP contribution in [0.25, 0.3) is 22.3 Å². The molecule has 0 aliphatic rings. The highest BCUT2D eigenvalue weighted by atomic mass is 35.5. The molecule has 6 nitrogen and oxygen atoms in total. The molecule has 0 saturated carbocycles. The zero-order valence-corrected chi connectivity index (χ0v) is 14.6. The minimum absolute atomic E-state index is 0.570. The van der Waals surface area contributed by atoms with Gasteiger partial charge in [0, 0.05) is 29.5 Å². The summed E-state index contributed by atoms with van der Waals surface area (Å²) in [5, 5.41) is 4.64. The van der Waals surface area contributed by atoms with Crippen molar-refractivity contribution < 1.29 is 4.74 Å². The van der Waals surface area contributed by atoms with E-state index in [0.717, 1.165) is 22.2 Å². The molecule has 3 aromatic heterocycles. The highest BCUT2D eigenvalue weighted by molar-refractivity contribution is 6.30. The van der Waals surface area contributed by atoms with Crippen LogP contribution in [0, 0.1) is 0 Å². The lowest BCUT2D eigenvalue weighted by Crippen LogP contribution is -2.01. The summed E-state index contributed by atoms with van der Waals surface area (Å²) in [5.41, 5.74) is 1.62. The number of hydrogen-bond acceptors (Lipinski definition) is 6. The first-order valence-corrected chi connectivity index (χ1v) is 8.25. The third-order valence-electron chi connectivity index (χ3n) is 3.80. The lowest BCUT2D eigenvalue weighted by atomic mass is 10.2. The van der Waals surface area contributed by atoms with Gasteiger partial charge in [-0.2, -0.15) is 0 Å². The number of benzene rings is 1. The second kappa shape index (κ2) is 6.93. The molecular weight excluding hydrogens is 350 g/mol. The Labute approximate surface area is 154 Å². The molecule has 0 bridgehead atoms. The van der Waals surface area contributed by atoms with Crippen molar-refractivity contribution in [3.63, 3.8) is 0 Å². The number of nitrogens with one attached hydrogen (secondary N) is 1. The van der Waals surface area contributed by atoms with E-state index in [1.165, 1.54) is 0 Å². The first kappa shape index (κ1) is 16.2. The summed E-state index contributed by atoms with van der Waals surface area (Å²) in [6, 6.07) is 13.0. The molecule has 4 rings (SSSR count). The van der Waals surface area contributed by atoms with Crippen LogP contribution >= 0.6 is 11.6 Å². The molecule has 1 N–H and O–H groups in total. The number of fused-ring (bicyclic) bond motifs is 1. The van der Waals surface area contributed by atoms with Gasteiger partial charge in [0.15, 0.2) is 5.82 Å². The second-order valence-corrected chi connectivity index (χ2v) is 5.94. The van der Waals surface area contributed by atoms with Gasteiger partial charge in [-0.25, -0.2) is 15.0 Å². The molecule has 0 spiro atoms. The van der Waals surface area contributed by atoms with Crippen molar-refractivity contribution in [2.75, 3.05) is 12.4 Å². The Bertz CT molecular complexity index is 1050. The minimum Gasteiger partial charge on any atom is -0.497 e. The summed E-state index contributed by atoms with van der Waals surface area (Å²) in [4.78, 5) is 17.7. The van der Waals surface area contributed by atoms with Gasteiger partial charge in [-0.3, -0.25) is 4.98 Å².